The van der Waals surface area contributed by atoms with E-state index >= 15 is 0 Å². The molecule has 3 aromatic rings. The van der Waals surface area contributed by atoms with Crippen LogP contribution in [0.1, 0.15) is 17.0 Å². The molecule has 128 valence electrons. The molecule has 1 atom stereocenters. The Morgan fingerprint density at radius 3 is 2.73 bits per heavy atom. The molecule has 1 aliphatic rings. The van der Waals surface area contributed by atoms with E-state index in [1.165, 1.54) is 0 Å². The molecule has 0 saturated heterocycles. The topological polar surface area (TPSA) is 68.3 Å². The van der Waals surface area contributed by atoms with Crippen molar-refractivity contribution >= 4 is 26.7 Å². The van der Waals surface area contributed by atoms with Crippen LogP contribution in [0.4, 0.5) is 0 Å². The first-order valence-corrected chi connectivity index (χ1v) is 8.85. The highest BCUT2D eigenvalue weighted by molar-refractivity contribution is 9.10. The van der Waals surface area contributed by atoms with E-state index in [2.05, 4.69) is 28.1 Å². The van der Waals surface area contributed by atoms with E-state index in [0.29, 0.717) is 11.3 Å². The zero-order valence-electron chi connectivity index (χ0n) is 14.0. The van der Waals surface area contributed by atoms with E-state index in [1.54, 1.807) is 7.11 Å². The smallest absolute Gasteiger partial charge is 0.205 e. The summed E-state index contributed by atoms with van der Waals surface area (Å²) in [6, 6.07) is 20.0. The van der Waals surface area contributed by atoms with Gasteiger partial charge in [-0.05, 0) is 52.7 Å². The van der Waals surface area contributed by atoms with Crippen molar-refractivity contribution in [3.63, 3.8) is 0 Å². The van der Waals surface area contributed by atoms with Crippen molar-refractivity contribution in [1.29, 1.82) is 5.26 Å². The lowest BCUT2D eigenvalue weighted by Crippen LogP contribution is -2.21. The maximum absolute atomic E-state index is 9.70. The molecular weight excluding hydrogens is 392 g/mol. The van der Waals surface area contributed by atoms with Crippen LogP contribution >= 0.6 is 15.9 Å². The van der Waals surface area contributed by atoms with Crippen LogP contribution in [-0.2, 0) is 0 Å². The molecule has 1 heterocycles. The molecule has 1 aliphatic heterocycles. The monoisotopic (exact) mass is 406 g/mol. The van der Waals surface area contributed by atoms with Gasteiger partial charge < -0.3 is 15.2 Å². The van der Waals surface area contributed by atoms with Crippen molar-refractivity contribution in [3.05, 3.63) is 81.7 Å². The molecule has 0 aliphatic carbocycles. The number of nitrogens with two attached hydrogens (primary N) is 1. The van der Waals surface area contributed by atoms with Gasteiger partial charge in [-0.2, -0.15) is 5.26 Å². The molecule has 5 heteroatoms. The van der Waals surface area contributed by atoms with E-state index < -0.39 is 0 Å². The number of hydrogen-bond donors (Lipinski definition) is 1. The Balaban J connectivity index is 1.98. The third-order valence-corrected chi connectivity index (χ3v) is 5.06. The lowest BCUT2D eigenvalue weighted by molar-refractivity contribution is 0.393. The molecular formula is C21H15BrN2O2. The van der Waals surface area contributed by atoms with E-state index in [9.17, 15) is 5.26 Å². The fourth-order valence-electron chi connectivity index (χ4n) is 3.34. The second-order valence-electron chi connectivity index (χ2n) is 6.08. The van der Waals surface area contributed by atoms with Crippen molar-refractivity contribution in [2.24, 2.45) is 5.73 Å². The van der Waals surface area contributed by atoms with E-state index in [0.717, 1.165) is 32.1 Å². The maximum atomic E-state index is 9.70. The van der Waals surface area contributed by atoms with Gasteiger partial charge in [0.25, 0.3) is 0 Å². The summed E-state index contributed by atoms with van der Waals surface area (Å²) in [4.78, 5) is 0. The van der Waals surface area contributed by atoms with Crippen LogP contribution in [0, 0.1) is 11.3 Å². The van der Waals surface area contributed by atoms with Crippen molar-refractivity contribution in [2.75, 3.05) is 7.11 Å². The minimum atomic E-state index is -0.303. The summed E-state index contributed by atoms with van der Waals surface area (Å²) in [6.45, 7) is 0. The largest absolute Gasteiger partial charge is 0.497 e. The number of fused-ring (bicyclic) bond motifs is 2. The number of halogens is 1. The Morgan fingerprint density at radius 1 is 1.12 bits per heavy atom. The molecule has 4 rings (SSSR count). The summed E-state index contributed by atoms with van der Waals surface area (Å²) in [7, 11) is 1.62. The Kier molecular flexibility index (Phi) is 4.06. The zero-order chi connectivity index (χ0) is 18.3. The second kappa shape index (κ2) is 6.40. The van der Waals surface area contributed by atoms with Gasteiger partial charge in [-0.3, -0.25) is 0 Å². The standard InChI is InChI=1S/C21H15BrN2O2/c1-25-16-4-2-3-13(8-16)20-17-9-14-7-15(22)6-5-12(14)10-19(17)26-21(24)18(20)11-23/h2-10,20H,24H2,1H3/t20-/m0/s1. The molecule has 4 nitrogen and oxygen atoms in total. The summed E-state index contributed by atoms with van der Waals surface area (Å²) in [5.74, 6) is 1.24. The number of hydrogen-bond acceptors (Lipinski definition) is 4. The molecule has 0 aromatic heterocycles. The highest BCUT2D eigenvalue weighted by atomic mass is 79.9. The lowest BCUT2D eigenvalue weighted by atomic mass is 9.82. The molecule has 0 saturated carbocycles. The second-order valence-corrected chi connectivity index (χ2v) is 7.00. The van der Waals surface area contributed by atoms with Gasteiger partial charge in [0, 0.05) is 10.0 Å². The first-order valence-electron chi connectivity index (χ1n) is 8.05. The SMILES string of the molecule is COc1cccc([C@@H]2C(C#N)=C(N)Oc3cc4ccc(Br)cc4cc32)c1. The number of nitriles is 1. The third kappa shape index (κ3) is 2.69. The molecule has 0 bridgehead atoms. The van der Waals surface area contributed by atoms with Gasteiger partial charge in [0.2, 0.25) is 5.88 Å². The summed E-state index contributed by atoms with van der Waals surface area (Å²) < 4.78 is 12.1. The summed E-state index contributed by atoms with van der Waals surface area (Å²) in [6.07, 6.45) is 0. The van der Waals surface area contributed by atoms with Crippen molar-refractivity contribution < 1.29 is 9.47 Å². The molecule has 0 radical (unpaired) electrons. The third-order valence-electron chi connectivity index (χ3n) is 4.56. The Morgan fingerprint density at radius 2 is 1.96 bits per heavy atom. The van der Waals surface area contributed by atoms with Crippen LogP contribution in [0.2, 0.25) is 0 Å². The van der Waals surface area contributed by atoms with Crippen LogP contribution in [0.5, 0.6) is 11.5 Å². The average Bonchev–Trinajstić information content (AvgIpc) is 2.65. The van der Waals surface area contributed by atoms with E-state index in [1.807, 2.05) is 48.5 Å². The van der Waals surface area contributed by atoms with E-state index in [-0.39, 0.29) is 11.8 Å². The fourth-order valence-corrected chi connectivity index (χ4v) is 3.72. The van der Waals surface area contributed by atoms with E-state index in [4.69, 9.17) is 15.2 Å². The number of ether oxygens (including phenoxy) is 2. The van der Waals surface area contributed by atoms with Crippen LogP contribution in [-0.4, -0.2) is 7.11 Å². The highest BCUT2D eigenvalue weighted by Crippen LogP contribution is 2.44. The minimum absolute atomic E-state index is 0.143. The van der Waals surface area contributed by atoms with Crippen LogP contribution in [0.15, 0.2) is 70.5 Å². The first kappa shape index (κ1) is 16.5. The lowest BCUT2D eigenvalue weighted by Gasteiger charge is -2.27. The van der Waals surface area contributed by atoms with Crippen molar-refractivity contribution in [2.45, 2.75) is 5.92 Å². The van der Waals surface area contributed by atoms with Gasteiger partial charge in [-0.25, -0.2) is 0 Å². The van der Waals surface area contributed by atoms with Gasteiger partial charge in [0.1, 0.15) is 23.1 Å². The molecule has 0 amide bonds. The maximum Gasteiger partial charge on any atom is 0.205 e. The normalized spacial score (nSPS) is 16.0. The quantitative estimate of drug-likeness (QED) is 0.661. The molecule has 2 N–H and O–H groups in total. The molecule has 0 fully saturated rings. The predicted molar refractivity (Wildman–Crippen MR) is 104 cm³/mol. The average molecular weight is 407 g/mol. The Bertz CT molecular complexity index is 1100. The number of nitrogens with zero attached hydrogens (tertiary/aromatic N) is 1. The summed E-state index contributed by atoms with van der Waals surface area (Å²) >= 11 is 3.51. The van der Waals surface area contributed by atoms with Gasteiger partial charge in [-0.15, -0.1) is 0 Å². The highest BCUT2D eigenvalue weighted by Gasteiger charge is 2.31. The molecule has 3 aromatic carbocycles. The number of methoxy groups -OCH3 is 1. The predicted octanol–water partition coefficient (Wildman–Crippen LogP) is 4.83. The molecule has 26 heavy (non-hydrogen) atoms. The van der Waals surface area contributed by atoms with Gasteiger partial charge in [0.15, 0.2) is 0 Å². The first-order chi connectivity index (χ1) is 12.6. The Hall–Kier alpha value is -2.97. The summed E-state index contributed by atoms with van der Waals surface area (Å²) in [5.41, 5.74) is 8.31. The van der Waals surface area contributed by atoms with Crippen molar-refractivity contribution in [1.82, 2.24) is 0 Å². The van der Waals surface area contributed by atoms with Gasteiger partial charge >= 0.3 is 0 Å². The van der Waals surface area contributed by atoms with Crippen LogP contribution in [0.3, 0.4) is 0 Å². The number of benzene rings is 3. The van der Waals surface area contributed by atoms with Crippen LogP contribution < -0.4 is 15.2 Å². The van der Waals surface area contributed by atoms with Crippen molar-refractivity contribution in [3.8, 4) is 17.6 Å². The number of allylic oxidation sites excluding steroid dienone is 1. The van der Waals surface area contributed by atoms with Gasteiger partial charge in [-0.1, -0.05) is 34.1 Å². The minimum Gasteiger partial charge on any atom is -0.497 e. The fraction of sp³-hybridized carbons (Fsp3) is 0.0952. The summed E-state index contributed by atoms with van der Waals surface area (Å²) in [5, 5.41) is 11.8. The molecule has 0 unspecified atom stereocenters. The zero-order valence-corrected chi connectivity index (χ0v) is 15.6. The molecule has 0 spiro atoms. The Labute approximate surface area is 159 Å². The van der Waals surface area contributed by atoms with Crippen LogP contribution in [0.25, 0.3) is 10.8 Å². The number of rotatable bonds is 2. The van der Waals surface area contributed by atoms with Gasteiger partial charge in [0.05, 0.1) is 13.0 Å².